The minimum atomic E-state index is -4.60. The molecule has 1 fully saturated rings. The number of rotatable bonds is 9. The molecule has 1 aliphatic rings. The number of nitrogens with zero attached hydrogens (tertiary/aromatic N) is 2. The molecule has 1 N–H and O–H groups in total. The standard InChI is InChI=1S/C29H26F3N3O4S/c1-2-39-27(38)20-11-13-22(14-12-20)33-25(36)18-24-26(37)35(23-10-6-9-21(17-23)29(30,31)32)28(40)34(24)16-15-19-7-4-3-5-8-19/h3-14,17,24H,2,15-16,18H2,1H3,(H,33,36). The van der Waals surface area contributed by atoms with Gasteiger partial charge in [0.05, 0.1) is 29.8 Å². The van der Waals surface area contributed by atoms with Crippen molar-refractivity contribution in [2.45, 2.75) is 32.0 Å². The number of anilines is 2. The van der Waals surface area contributed by atoms with Crippen LogP contribution >= 0.6 is 12.2 Å². The fourth-order valence-corrected chi connectivity index (χ4v) is 4.75. The number of alkyl halides is 3. The summed E-state index contributed by atoms with van der Waals surface area (Å²) in [4.78, 5) is 41.1. The van der Waals surface area contributed by atoms with E-state index in [1.807, 2.05) is 30.3 Å². The molecule has 1 heterocycles. The molecule has 1 atom stereocenters. The fraction of sp³-hybridized carbons (Fsp3) is 0.241. The molecule has 0 saturated carbocycles. The van der Waals surface area contributed by atoms with Crippen LogP contribution in [0.1, 0.15) is 34.8 Å². The van der Waals surface area contributed by atoms with Crippen LogP contribution in [0.4, 0.5) is 24.5 Å². The number of hydrogen-bond donors (Lipinski definition) is 1. The van der Waals surface area contributed by atoms with E-state index in [2.05, 4.69) is 5.32 Å². The SMILES string of the molecule is CCOC(=O)c1ccc(NC(=O)CC2C(=O)N(c3cccc(C(F)(F)F)c3)C(=S)N2CCc2ccccc2)cc1. The molecule has 3 aromatic carbocycles. The van der Waals surface area contributed by atoms with Gasteiger partial charge in [-0.2, -0.15) is 13.2 Å². The lowest BCUT2D eigenvalue weighted by atomic mass is 10.1. The molecule has 208 valence electrons. The number of hydrogen-bond acceptors (Lipinski definition) is 5. The molecule has 4 rings (SSSR count). The van der Waals surface area contributed by atoms with Gasteiger partial charge < -0.3 is 15.0 Å². The topological polar surface area (TPSA) is 78.9 Å². The van der Waals surface area contributed by atoms with E-state index < -0.39 is 35.6 Å². The summed E-state index contributed by atoms with van der Waals surface area (Å²) in [5.74, 6) is -1.58. The molecule has 0 aliphatic carbocycles. The maximum Gasteiger partial charge on any atom is 0.416 e. The lowest BCUT2D eigenvalue weighted by molar-refractivity contribution is -0.137. The molecule has 0 spiro atoms. The molecule has 0 radical (unpaired) electrons. The van der Waals surface area contributed by atoms with E-state index in [0.717, 1.165) is 22.6 Å². The molecule has 1 aliphatic heterocycles. The largest absolute Gasteiger partial charge is 0.462 e. The third kappa shape index (κ3) is 6.66. The van der Waals surface area contributed by atoms with Crippen molar-refractivity contribution in [2.75, 3.05) is 23.4 Å². The highest BCUT2D eigenvalue weighted by Crippen LogP contribution is 2.34. The smallest absolute Gasteiger partial charge is 0.416 e. The number of halogens is 3. The van der Waals surface area contributed by atoms with Crippen molar-refractivity contribution in [1.82, 2.24) is 4.90 Å². The van der Waals surface area contributed by atoms with Crippen LogP contribution in [-0.4, -0.2) is 47.0 Å². The normalized spacial score (nSPS) is 15.3. The summed E-state index contributed by atoms with van der Waals surface area (Å²) in [6.45, 7) is 2.20. The van der Waals surface area contributed by atoms with Gasteiger partial charge in [0.1, 0.15) is 6.04 Å². The number of benzene rings is 3. The van der Waals surface area contributed by atoms with Crippen molar-refractivity contribution in [3.63, 3.8) is 0 Å². The van der Waals surface area contributed by atoms with Crippen molar-refractivity contribution in [2.24, 2.45) is 0 Å². The van der Waals surface area contributed by atoms with E-state index in [1.54, 1.807) is 11.8 Å². The van der Waals surface area contributed by atoms with E-state index in [1.165, 1.54) is 36.4 Å². The van der Waals surface area contributed by atoms with Crippen LogP contribution in [0.15, 0.2) is 78.9 Å². The van der Waals surface area contributed by atoms with E-state index in [4.69, 9.17) is 17.0 Å². The summed E-state index contributed by atoms with van der Waals surface area (Å²) < 4.78 is 45.1. The summed E-state index contributed by atoms with van der Waals surface area (Å²) in [5.41, 5.74) is 0.757. The first-order valence-corrected chi connectivity index (χ1v) is 12.9. The third-order valence-corrected chi connectivity index (χ3v) is 6.71. The Kier molecular flexibility index (Phi) is 8.83. The number of amides is 2. The summed E-state index contributed by atoms with van der Waals surface area (Å²) in [6.07, 6.45) is -4.39. The van der Waals surface area contributed by atoms with E-state index in [9.17, 15) is 27.6 Å². The molecule has 11 heteroatoms. The zero-order chi connectivity index (χ0) is 28.9. The van der Waals surface area contributed by atoms with E-state index >= 15 is 0 Å². The molecule has 3 aromatic rings. The van der Waals surface area contributed by atoms with Crippen LogP contribution in [0.5, 0.6) is 0 Å². The van der Waals surface area contributed by atoms with E-state index in [-0.39, 0.29) is 30.4 Å². The Labute approximate surface area is 234 Å². The second-order valence-corrected chi connectivity index (χ2v) is 9.36. The second-order valence-electron chi connectivity index (χ2n) is 9.00. The first-order chi connectivity index (χ1) is 19.1. The maximum absolute atomic E-state index is 13.6. The maximum atomic E-state index is 13.6. The van der Waals surface area contributed by atoms with Crippen LogP contribution in [0.2, 0.25) is 0 Å². The van der Waals surface area contributed by atoms with Gasteiger partial charge in [-0.15, -0.1) is 0 Å². The summed E-state index contributed by atoms with van der Waals surface area (Å²) >= 11 is 5.57. The summed E-state index contributed by atoms with van der Waals surface area (Å²) in [7, 11) is 0. The van der Waals surface area contributed by atoms with Crippen molar-refractivity contribution in [3.8, 4) is 0 Å². The molecular weight excluding hydrogens is 543 g/mol. The van der Waals surface area contributed by atoms with Gasteiger partial charge in [-0.3, -0.25) is 14.5 Å². The zero-order valence-electron chi connectivity index (χ0n) is 21.5. The number of nitrogens with one attached hydrogen (secondary N) is 1. The number of carbonyl (C=O) groups is 3. The predicted molar refractivity (Wildman–Crippen MR) is 148 cm³/mol. The Morgan fingerprint density at radius 2 is 1.70 bits per heavy atom. The molecule has 2 amide bonds. The first-order valence-electron chi connectivity index (χ1n) is 12.5. The molecular formula is C29H26F3N3O4S. The van der Waals surface area contributed by atoms with Gasteiger partial charge >= 0.3 is 12.1 Å². The van der Waals surface area contributed by atoms with E-state index in [0.29, 0.717) is 17.7 Å². The minimum absolute atomic E-state index is 0.0213. The lowest BCUT2D eigenvalue weighted by Gasteiger charge is -2.24. The third-order valence-electron chi connectivity index (χ3n) is 6.29. The van der Waals surface area contributed by atoms with Gasteiger partial charge in [0.15, 0.2) is 5.11 Å². The van der Waals surface area contributed by atoms with Gasteiger partial charge in [-0.25, -0.2) is 4.79 Å². The Morgan fingerprint density at radius 1 is 1.00 bits per heavy atom. The number of carbonyl (C=O) groups excluding carboxylic acids is 3. The highest BCUT2D eigenvalue weighted by atomic mass is 32.1. The molecule has 0 aromatic heterocycles. The average Bonchev–Trinajstić information content (AvgIpc) is 3.16. The minimum Gasteiger partial charge on any atom is -0.462 e. The average molecular weight is 570 g/mol. The van der Waals surface area contributed by atoms with Gasteiger partial charge in [0.25, 0.3) is 5.91 Å². The monoisotopic (exact) mass is 569 g/mol. The Hall–Kier alpha value is -4.25. The van der Waals surface area contributed by atoms with Gasteiger partial charge in [-0.05, 0) is 73.6 Å². The van der Waals surface area contributed by atoms with Crippen LogP contribution in [0.3, 0.4) is 0 Å². The molecule has 40 heavy (non-hydrogen) atoms. The molecule has 0 bridgehead atoms. The highest BCUT2D eigenvalue weighted by Gasteiger charge is 2.44. The van der Waals surface area contributed by atoms with Crippen molar-refractivity contribution < 1.29 is 32.3 Å². The highest BCUT2D eigenvalue weighted by molar-refractivity contribution is 7.80. The quantitative estimate of drug-likeness (QED) is 0.273. The number of esters is 1. The van der Waals surface area contributed by atoms with Crippen LogP contribution in [0, 0.1) is 0 Å². The fourth-order valence-electron chi connectivity index (χ4n) is 4.33. The molecule has 1 unspecified atom stereocenters. The Balaban J connectivity index is 1.55. The summed E-state index contributed by atoms with van der Waals surface area (Å²) in [6, 6.07) is 18.9. The van der Waals surface area contributed by atoms with Gasteiger partial charge in [0.2, 0.25) is 5.91 Å². The Bertz CT molecular complexity index is 1400. The van der Waals surface area contributed by atoms with Gasteiger partial charge in [0, 0.05) is 12.2 Å². The van der Waals surface area contributed by atoms with Crippen molar-refractivity contribution >= 4 is 46.5 Å². The first kappa shape index (κ1) is 28.8. The van der Waals surface area contributed by atoms with Crippen molar-refractivity contribution in [1.29, 1.82) is 0 Å². The number of ether oxygens (including phenoxy) is 1. The van der Waals surface area contributed by atoms with Crippen molar-refractivity contribution in [3.05, 3.63) is 95.6 Å². The lowest BCUT2D eigenvalue weighted by Crippen LogP contribution is -2.39. The van der Waals surface area contributed by atoms with Crippen LogP contribution in [0.25, 0.3) is 0 Å². The van der Waals surface area contributed by atoms with Crippen LogP contribution < -0.4 is 10.2 Å². The Morgan fingerprint density at radius 3 is 2.35 bits per heavy atom. The molecule has 7 nitrogen and oxygen atoms in total. The summed E-state index contributed by atoms with van der Waals surface area (Å²) in [5, 5.41) is 2.72. The zero-order valence-corrected chi connectivity index (χ0v) is 22.3. The number of thiocarbonyl (C=S) groups is 1. The van der Waals surface area contributed by atoms with Crippen LogP contribution in [-0.2, 0) is 26.9 Å². The predicted octanol–water partition coefficient (Wildman–Crippen LogP) is 5.46. The molecule has 1 saturated heterocycles. The van der Waals surface area contributed by atoms with Gasteiger partial charge in [-0.1, -0.05) is 36.4 Å². The second kappa shape index (κ2) is 12.3.